The maximum absolute atomic E-state index is 13.4. The lowest BCUT2D eigenvalue weighted by Crippen LogP contribution is -2.37. The Morgan fingerprint density at radius 3 is 2.55 bits per heavy atom. The summed E-state index contributed by atoms with van der Waals surface area (Å²) in [6.07, 6.45) is 5.26. The van der Waals surface area contributed by atoms with Gasteiger partial charge in [-0.25, -0.2) is 4.39 Å². The maximum Gasteiger partial charge on any atom is 0.124 e. The van der Waals surface area contributed by atoms with Crippen LogP contribution in [0.15, 0.2) is 22.7 Å². The van der Waals surface area contributed by atoms with Gasteiger partial charge >= 0.3 is 0 Å². The van der Waals surface area contributed by atoms with Gasteiger partial charge in [0.25, 0.3) is 0 Å². The van der Waals surface area contributed by atoms with Crippen LogP contribution in [0, 0.1) is 11.7 Å². The van der Waals surface area contributed by atoms with Gasteiger partial charge in [-0.05, 0) is 75.0 Å². The van der Waals surface area contributed by atoms with Crippen molar-refractivity contribution in [3.63, 3.8) is 0 Å². The number of nitrogens with zero attached hydrogens (tertiary/aromatic N) is 1. The van der Waals surface area contributed by atoms with Crippen LogP contribution in [-0.4, -0.2) is 30.6 Å². The molecule has 1 aromatic rings. The van der Waals surface area contributed by atoms with E-state index < -0.39 is 0 Å². The topological polar surface area (TPSA) is 15.3 Å². The van der Waals surface area contributed by atoms with E-state index in [1.807, 2.05) is 6.07 Å². The molecule has 1 N–H and O–H groups in total. The first-order chi connectivity index (χ1) is 9.69. The molecule has 4 heteroatoms. The Kier molecular flexibility index (Phi) is 4.74. The first kappa shape index (κ1) is 14.5. The molecule has 2 fully saturated rings. The van der Waals surface area contributed by atoms with Gasteiger partial charge < -0.3 is 5.32 Å². The lowest BCUT2D eigenvalue weighted by molar-refractivity contribution is 0.175. The number of hydrogen-bond donors (Lipinski definition) is 1. The summed E-state index contributed by atoms with van der Waals surface area (Å²) < 4.78 is 14.2. The van der Waals surface area contributed by atoms with Gasteiger partial charge in [-0.2, -0.15) is 0 Å². The van der Waals surface area contributed by atoms with Crippen molar-refractivity contribution in [2.24, 2.45) is 5.92 Å². The second-order valence-electron chi connectivity index (χ2n) is 6.18. The third kappa shape index (κ3) is 4.27. The molecule has 2 nitrogen and oxygen atoms in total. The lowest BCUT2D eigenvalue weighted by Gasteiger charge is -2.32. The molecule has 0 aromatic heterocycles. The molecule has 110 valence electrons. The number of piperidine rings is 1. The van der Waals surface area contributed by atoms with Crippen LogP contribution in [0.4, 0.5) is 4.39 Å². The Morgan fingerprint density at radius 1 is 1.15 bits per heavy atom. The highest BCUT2D eigenvalue weighted by atomic mass is 79.9. The van der Waals surface area contributed by atoms with E-state index >= 15 is 0 Å². The molecule has 1 heterocycles. The third-order valence-corrected chi connectivity index (χ3v) is 4.77. The summed E-state index contributed by atoms with van der Waals surface area (Å²) in [5, 5.41) is 3.63. The monoisotopic (exact) mass is 340 g/mol. The minimum Gasteiger partial charge on any atom is -0.314 e. The van der Waals surface area contributed by atoms with Crippen LogP contribution in [0.1, 0.15) is 31.2 Å². The van der Waals surface area contributed by atoms with E-state index in [1.165, 1.54) is 38.3 Å². The van der Waals surface area contributed by atoms with Gasteiger partial charge in [0.1, 0.15) is 5.82 Å². The van der Waals surface area contributed by atoms with Gasteiger partial charge in [0.05, 0.1) is 0 Å². The zero-order valence-electron chi connectivity index (χ0n) is 11.7. The highest BCUT2D eigenvalue weighted by molar-refractivity contribution is 9.10. The molecule has 1 aliphatic heterocycles. The van der Waals surface area contributed by atoms with E-state index in [9.17, 15) is 4.39 Å². The number of benzene rings is 1. The minimum absolute atomic E-state index is 0.155. The Labute approximate surface area is 128 Å². The zero-order valence-corrected chi connectivity index (χ0v) is 13.3. The molecule has 0 unspecified atom stereocenters. The molecule has 1 saturated heterocycles. The van der Waals surface area contributed by atoms with Crippen molar-refractivity contribution in [2.45, 2.75) is 38.3 Å². The quantitative estimate of drug-likeness (QED) is 0.881. The normalized spacial score (nSPS) is 21.3. The largest absolute Gasteiger partial charge is 0.314 e. The van der Waals surface area contributed by atoms with E-state index in [4.69, 9.17) is 0 Å². The molecule has 0 bridgehead atoms. The predicted molar refractivity (Wildman–Crippen MR) is 83.1 cm³/mol. The molecule has 0 radical (unpaired) electrons. The van der Waals surface area contributed by atoms with Crippen LogP contribution in [0.25, 0.3) is 0 Å². The van der Waals surface area contributed by atoms with Crippen molar-refractivity contribution < 1.29 is 4.39 Å². The second kappa shape index (κ2) is 6.54. The lowest BCUT2D eigenvalue weighted by atomic mass is 9.96. The van der Waals surface area contributed by atoms with Gasteiger partial charge in [0, 0.05) is 17.1 Å². The molecule has 0 spiro atoms. The molecule has 1 saturated carbocycles. The number of nitrogens with one attached hydrogen (secondary N) is 1. The van der Waals surface area contributed by atoms with Crippen LogP contribution in [0.3, 0.4) is 0 Å². The third-order valence-electron chi connectivity index (χ3n) is 4.31. The molecule has 0 amide bonds. The molecule has 0 atom stereocenters. The molecule has 20 heavy (non-hydrogen) atoms. The fourth-order valence-electron chi connectivity index (χ4n) is 2.93. The van der Waals surface area contributed by atoms with Crippen molar-refractivity contribution >= 4 is 15.9 Å². The predicted octanol–water partition coefficient (Wildman–Crippen LogP) is 3.55. The number of halogens is 2. The average molecular weight is 341 g/mol. The first-order valence-corrected chi connectivity index (χ1v) is 8.39. The Hall–Kier alpha value is -0.450. The van der Waals surface area contributed by atoms with Crippen molar-refractivity contribution in [1.29, 1.82) is 0 Å². The zero-order chi connectivity index (χ0) is 13.9. The molecule has 3 rings (SSSR count). The first-order valence-electron chi connectivity index (χ1n) is 7.60. The summed E-state index contributed by atoms with van der Waals surface area (Å²) in [5.74, 6) is 0.670. The van der Waals surface area contributed by atoms with Gasteiger partial charge in [-0.1, -0.05) is 15.9 Å². The average Bonchev–Trinajstić information content (AvgIpc) is 3.21. The van der Waals surface area contributed by atoms with Crippen molar-refractivity contribution in [2.75, 3.05) is 19.6 Å². The summed E-state index contributed by atoms with van der Waals surface area (Å²) in [5.41, 5.74) is 1.06. The molecular formula is C16H22BrFN2. The molecular weight excluding hydrogens is 319 g/mol. The van der Waals surface area contributed by atoms with Crippen molar-refractivity contribution in [3.8, 4) is 0 Å². The number of rotatable bonds is 5. The van der Waals surface area contributed by atoms with Crippen molar-refractivity contribution in [3.05, 3.63) is 34.1 Å². The van der Waals surface area contributed by atoms with Crippen LogP contribution < -0.4 is 5.32 Å². The second-order valence-corrected chi connectivity index (χ2v) is 7.10. The fraction of sp³-hybridized carbons (Fsp3) is 0.625. The minimum atomic E-state index is -0.155. The number of likely N-dealkylation sites (tertiary alicyclic amines) is 1. The molecule has 1 aliphatic carbocycles. The van der Waals surface area contributed by atoms with Crippen LogP contribution >= 0.6 is 15.9 Å². The number of hydrogen-bond acceptors (Lipinski definition) is 2. The highest BCUT2D eigenvalue weighted by Crippen LogP contribution is 2.23. The smallest absolute Gasteiger partial charge is 0.124 e. The highest BCUT2D eigenvalue weighted by Gasteiger charge is 2.24. The van der Waals surface area contributed by atoms with E-state index in [-0.39, 0.29) is 5.82 Å². The van der Waals surface area contributed by atoms with E-state index in [2.05, 4.69) is 26.1 Å². The van der Waals surface area contributed by atoms with Crippen LogP contribution in [-0.2, 0) is 6.54 Å². The van der Waals surface area contributed by atoms with Gasteiger partial charge in [-0.15, -0.1) is 0 Å². The van der Waals surface area contributed by atoms with Crippen LogP contribution in [0.2, 0.25) is 0 Å². The fourth-order valence-corrected chi connectivity index (χ4v) is 3.44. The summed E-state index contributed by atoms with van der Waals surface area (Å²) >= 11 is 3.36. The Bertz CT molecular complexity index is 434. The summed E-state index contributed by atoms with van der Waals surface area (Å²) in [6.45, 7) is 4.31. The van der Waals surface area contributed by atoms with E-state index in [1.54, 1.807) is 6.07 Å². The van der Waals surface area contributed by atoms with Gasteiger partial charge in [-0.3, -0.25) is 4.90 Å². The Balaban J connectivity index is 1.45. The molecule has 1 aromatic carbocycles. The standard InChI is InChI=1S/C16H22BrFN2/c17-14-7-13(8-15(18)9-14)11-20-5-3-12(4-6-20)10-19-16-1-2-16/h7-9,12,16,19H,1-6,10-11H2. The Morgan fingerprint density at radius 2 is 1.90 bits per heavy atom. The SMILES string of the molecule is Fc1cc(Br)cc(CN2CCC(CNC3CC3)CC2)c1. The van der Waals surface area contributed by atoms with Gasteiger partial charge in [0.2, 0.25) is 0 Å². The van der Waals surface area contributed by atoms with Gasteiger partial charge in [0.15, 0.2) is 0 Å². The van der Waals surface area contributed by atoms with E-state index in [0.29, 0.717) is 0 Å². The summed E-state index contributed by atoms with van der Waals surface area (Å²) in [7, 11) is 0. The van der Waals surface area contributed by atoms with E-state index in [0.717, 1.165) is 41.6 Å². The summed E-state index contributed by atoms with van der Waals surface area (Å²) in [6, 6.07) is 5.99. The summed E-state index contributed by atoms with van der Waals surface area (Å²) in [4.78, 5) is 2.44. The van der Waals surface area contributed by atoms with Crippen molar-refractivity contribution in [1.82, 2.24) is 10.2 Å². The van der Waals surface area contributed by atoms with Crippen LogP contribution in [0.5, 0.6) is 0 Å². The maximum atomic E-state index is 13.4. The molecule has 2 aliphatic rings.